The zero-order valence-electron chi connectivity index (χ0n) is 17.0. The number of ether oxygens (including phenoxy) is 1. The van der Waals surface area contributed by atoms with Crippen molar-refractivity contribution >= 4 is 46.1 Å². The number of amides is 1. The summed E-state index contributed by atoms with van der Waals surface area (Å²) in [4.78, 5) is 36.1. The molecule has 1 amide bonds. The normalized spacial score (nSPS) is 15.4. The fraction of sp³-hybridized carbons (Fsp3) is 0.238. The van der Waals surface area contributed by atoms with Gasteiger partial charge >= 0.3 is 6.09 Å². The van der Waals surface area contributed by atoms with Gasteiger partial charge in [0.2, 0.25) is 5.43 Å². The monoisotopic (exact) mass is 483 g/mol. The predicted octanol–water partition coefficient (Wildman–Crippen LogP) is 3.78. The Labute approximate surface area is 190 Å². The number of carbonyl (C=O) groups is 2. The van der Waals surface area contributed by atoms with Gasteiger partial charge in [-0.2, -0.15) is 0 Å². The molecule has 2 aromatic carbocycles. The minimum absolute atomic E-state index is 0.155. The van der Waals surface area contributed by atoms with Crippen LogP contribution < -0.4 is 21.0 Å². The minimum Gasteiger partial charge on any atom is -0.442 e. The van der Waals surface area contributed by atoms with Crippen LogP contribution in [0, 0.1) is 11.6 Å². The van der Waals surface area contributed by atoms with E-state index in [0.717, 1.165) is 23.1 Å². The molecule has 12 heteroatoms. The summed E-state index contributed by atoms with van der Waals surface area (Å²) in [6, 6.07) is 6.75. The largest absolute Gasteiger partial charge is 0.442 e. The third-order valence-electron chi connectivity index (χ3n) is 4.67. The highest BCUT2D eigenvalue weighted by Crippen LogP contribution is 2.30. The second kappa shape index (κ2) is 9.94. The lowest BCUT2D eigenvalue weighted by molar-refractivity contribution is 0.101. The number of nitrogens with zero attached hydrogens (tertiary/aromatic N) is 1. The van der Waals surface area contributed by atoms with Gasteiger partial charge in [-0.1, -0.05) is 24.4 Å². The van der Waals surface area contributed by atoms with Gasteiger partial charge in [0.25, 0.3) is 6.43 Å². The smallest absolute Gasteiger partial charge is 0.414 e. The molecule has 0 aromatic heterocycles. The van der Waals surface area contributed by atoms with Crippen molar-refractivity contribution in [3.63, 3.8) is 0 Å². The van der Waals surface area contributed by atoms with Gasteiger partial charge in [0.05, 0.1) is 24.5 Å². The number of hydrogen-bond donors (Lipinski definition) is 2. The van der Waals surface area contributed by atoms with Crippen molar-refractivity contribution in [3.8, 4) is 0 Å². The van der Waals surface area contributed by atoms with Crippen molar-refractivity contribution in [2.45, 2.75) is 19.5 Å². The summed E-state index contributed by atoms with van der Waals surface area (Å²) in [7, 11) is 0. The number of anilines is 3. The number of Topliss-reactive ketones (excluding diaryl/α,β-unsaturated/α-hetero) is 1. The van der Waals surface area contributed by atoms with Crippen LogP contribution in [0.3, 0.4) is 0 Å². The van der Waals surface area contributed by atoms with E-state index in [-0.39, 0.29) is 35.8 Å². The van der Waals surface area contributed by atoms with E-state index in [4.69, 9.17) is 4.74 Å². The molecular weight excluding hydrogens is 466 g/mol. The second-order valence-corrected chi connectivity index (χ2v) is 7.47. The fourth-order valence-corrected chi connectivity index (χ4v) is 3.10. The summed E-state index contributed by atoms with van der Waals surface area (Å²) in [6.07, 6.45) is -4.67. The SMILES string of the molecule is CC(=O)c1cccc(=O)c(Nc2c(F)cc(N3C[C@H](CNC(=S)C(F)F)OC3=O)cc2F)c1. The molecule has 2 aromatic rings. The Morgan fingerprint density at radius 2 is 1.88 bits per heavy atom. The first-order valence-electron chi connectivity index (χ1n) is 9.52. The van der Waals surface area contributed by atoms with Crippen molar-refractivity contribution in [2.24, 2.45) is 0 Å². The average molecular weight is 483 g/mol. The Morgan fingerprint density at radius 1 is 1.21 bits per heavy atom. The molecule has 0 spiro atoms. The molecule has 0 radical (unpaired) electrons. The molecule has 1 heterocycles. The van der Waals surface area contributed by atoms with Crippen LogP contribution in [-0.4, -0.2) is 42.5 Å². The van der Waals surface area contributed by atoms with Gasteiger partial charge in [-0.25, -0.2) is 22.4 Å². The number of alkyl halides is 2. The highest BCUT2D eigenvalue weighted by Gasteiger charge is 2.33. The Hall–Kier alpha value is -3.54. The van der Waals surface area contributed by atoms with Gasteiger partial charge in [-0.15, -0.1) is 0 Å². The first-order chi connectivity index (χ1) is 15.6. The molecule has 0 unspecified atom stereocenters. The average Bonchev–Trinajstić information content (AvgIpc) is 3.01. The van der Waals surface area contributed by atoms with Gasteiger partial charge in [0.15, 0.2) is 17.4 Å². The number of benzene rings is 1. The van der Waals surface area contributed by atoms with E-state index in [2.05, 4.69) is 22.9 Å². The molecule has 2 N–H and O–H groups in total. The predicted molar refractivity (Wildman–Crippen MR) is 117 cm³/mol. The Balaban J connectivity index is 1.82. The summed E-state index contributed by atoms with van der Waals surface area (Å²) in [5, 5.41) is 4.62. The minimum atomic E-state index is -2.87. The van der Waals surface area contributed by atoms with E-state index < -0.39 is 46.4 Å². The number of halogens is 4. The summed E-state index contributed by atoms with van der Waals surface area (Å²) < 4.78 is 59.4. The highest BCUT2D eigenvalue weighted by molar-refractivity contribution is 7.80. The Morgan fingerprint density at radius 3 is 2.48 bits per heavy atom. The number of cyclic esters (lactones) is 1. The molecule has 0 saturated carbocycles. The fourth-order valence-electron chi connectivity index (χ4n) is 3.02. The summed E-state index contributed by atoms with van der Waals surface area (Å²) in [5.41, 5.74) is -1.51. The van der Waals surface area contributed by atoms with Gasteiger partial charge in [0, 0.05) is 17.7 Å². The maximum Gasteiger partial charge on any atom is 0.414 e. The van der Waals surface area contributed by atoms with E-state index in [1.54, 1.807) is 0 Å². The van der Waals surface area contributed by atoms with Crippen LogP contribution in [0.4, 0.5) is 39.4 Å². The number of nitrogens with one attached hydrogen (secondary N) is 2. The van der Waals surface area contributed by atoms with Crippen molar-refractivity contribution in [1.82, 2.24) is 5.32 Å². The van der Waals surface area contributed by atoms with E-state index in [1.165, 1.54) is 25.1 Å². The molecule has 1 aliphatic rings. The van der Waals surface area contributed by atoms with E-state index in [9.17, 15) is 31.9 Å². The van der Waals surface area contributed by atoms with E-state index in [1.807, 2.05) is 0 Å². The maximum absolute atomic E-state index is 14.7. The number of carbonyl (C=O) groups excluding carboxylic acids is 2. The molecule has 33 heavy (non-hydrogen) atoms. The molecule has 7 nitrogen and oxygen atoms in total. The zero-order chi connectivity index (χ0) is 24.3. The molecular formula is C21H17F4N3O4S. The highest BCUT2D eigenvalue weighted by atomic mass is 32.1. The maximum atomic E-state index is 14.7. The molecule has 1 aliphatic heterocycles. The Bertz CT molecular complexity index is 1160. The van der Waals surface area contributed by atoms with E-state index in [0.29, 0.717) is 0 Å². The number of rotatable bonds is 7. The van der Waals surface area contributed by atoms with Crippen LogP contribution in [0.1, 0.15) is 17.3 Å². The van der Waals surface area contributed by atoms with Crippen molar-refractivity contribution < 1.29 is 31.9 Å². The van der Waals surface area contributed by atoms with Crippen LogP contribution in [0.2, 0.25) is 0 Å². The quantitative estimate of drug-likeness (QED) is 0.352. The molecule has 3 rings (SSSR count). The lowest BCUT2D eigenvalue weighted by Gasteiger charge is -2.16. The molecule has 1 saturated heterocycles. The van der Waals surface area contributed by atoms with Crippen molar-refractivity contribution in [1.29, 1.82) is 0 Å². The molecule has 0 aliphatic carbocycles. The third-order valence-corrected chi connectivity index (χ3v) is 4.99. The number of ketones is 1. The van der Waals surface area contributed by atoms with Gasteiger partial charge in [0.1, 0.15) is 16.8 Å². The molecule has 0 bridgehead atoms. The first kappa shape index (κ1) is 24.1. The zero-order valence-corrected chi connectivity index (χ0v) is 17.8. The van der Waals surface area contributed by atoms with Crippen LogP contribution >= 0.6 is 12.2 Å². The summed E-state index contributed by atoms with van der Waals surface area (Å²) >= 11 is 4.44. The van der Waals surface area contributed by atoms with Crippen LogP contribution in [-0.2, 0) is 4.74 Å². The first-order valence-corrected chi connectivity index (χ1v) is 9.93. The number of thiocarbonyl (C=S) groups is 1. The van der Waals surface area contributed by atoms with Crippen molar-refractivity contribution in [2.75, 3.05) is 23.3 Å². The van der Waals surface area contributed by atoms with E-state index >= 15 is 0 Å². The topological polar surface area (TPSA) is 87.7 Å². The lowest BCUT2D eigenvalue weighted by Crippen LogP contribution is -2.36. The molecule has 1 atom stereocenters. The van der Waals surface area contributed by atoms with Gasteiger partial charge < -0.3 is 15.4 Å². The van der Waals surface area contributed by atoms with Gasteiger partial charge in [-0.05, 0) is 19.1 Å². The summed E-state index contributed by atoms with van der Waals surface area (Å²) in [6.45, 7) is 0.912. The van der Waals surface area contributed by atoms with Crippen LogP contribution in [0.25, 0.3) is 0 Å². The summed E-state index contributed by atoms with van der Waals surface area (Å²) in [5.74, 6) is -2.59. The standard InChI is InChI=1S/C21H17F4N3O4S/c1-10(29)11-3-2-4-17(30)16(5-11)27-18-14(22)6-12(7-15(18)23)28-9-13(32-21(28)31)8-26-20(33)19(24)25/h2-7,13,19H,8-9H2,1H3,(H,26,33)(H,27,30)/t13-/m0/s1. The Kier molecular flexibility index (Phi) is 7.26. The molecule has 174 valence electrons. The van der Waals surface area contributed by atoms with Crippen molar-refractivity contribution in [3.05, 3.63) is 63.8 Å². The lowest BCUT2D eigenvalue weighted by atomic mass is 10.2. The third kappa shape index (κ3) is 5.64. The van der Waals surface area contributed by atoms with Gasteiger partial charge in [-0.3, -0.25) is 14.5 Å². The van der Waals surface area contributed by atoms with Crippen LogP contribution in [0.15, 0.2) is 41.2 Å². The second-order valence-electron chi connectivity index (χ2n) is 7.03. The molecule has 1 fully saturated rings. The number of hydrogen-bond acceptors (Lipinski definition) is 6. The van der Waals surface area contributed by atoms with Crippen LogP contribution in [0.5, 0.6) is 0 Å².